The van der Waals surface area contributed by atoms with Crippen molar-refractivity contribution in [2.45, 2.75) is 51.3 Å². The Morgan fingerprint density at radius 3 is 2.72 bits per heavy atom. The van der Waals surface area contributed by atoms with E-state index in [1.165, 1.54) is 0 Å². The Morgan fingerprint density at radius 1 is 1.24 bits per heavy atom. The lowest BCUT2D eigenvalue weighted by molar-refractivity contribution is 0.296. The zero-order valence-corrected chi connectivity index (χ0v) is 17.1. The van der Waals surface area contributed by atoms with Crippen molar-refractivity contribution in [3.05, 3.63) is 30.4 Å². The molecule has 1 unspecified atom stereocenters. The van der Waals surface area contributed by atoms with Gasteiger partial charge in [-0.1, -0.05) is 32.9 Å². The van der Waals surface area contributed by atoms with Crippen LogP contribution >= 0.6 is 0 Å². The first-order valence-corrected chi connectivity index (χ1v) is 10.3. The molecule has 0 saturated heterocycles. The Morgan fingerprint density at radius 2 is 2.00 bits per heavy atom. The van der Waals surface area contributed by atoms with E-state index in [1.807, 2.05) is 43.4 Å². The van der Waals surface area contributed by atoms with E-state index in [9.17, 15) is 4.21 Å². The molecule has 2 atom stereocenters. The van der Waals surface area contributed by atoms with Gasteiger partial charge in [-0.3, -0.25) is 0 Å². The second-order valence-corrected chi connectivity index (χ2v) is 7.59. The number of fused-ring (bicyclic) bond motifs is 1. The molecule has 0 spiro atoms. The molecule has 0 aromatic heterocycles. The fraction of sp³-hybridized carbons (Fsp3) is 0.600. The Kier molecular flexibility index (Phi) is 10.5. The second-order valence-electron chi connectivity index (χ2n) is 6.03. The Hall–Kier alpha value is -1.33. The van der Waals surface area contributed by atoms with Gasteiger partial charge in [0.1, 0.15) is 22.5 Å². The standard InChI is InChI=1S/C18H27NO3S.C2H6/c1-15-9-7-5-4-6-8-12-22-17-13-16(21-3)10-11-18(17)23(20)19(2)14-15;1-2/h5,7,10-11,13,15H,4,6,8-9,12,14H2,1-3H3;1-2H3/b7-5-;/t15-,23?;/m1./s1. The molecule has 0 N–H and O–H groups in total. The highest BCUT2D eigenvalue weighted by molar-refractivity contribution is 7.82. The molecule has 5 heteroatoms. The number of rotatable bonds is 1. The Balaban J connectivity index is 0.00000151. The van der Waals surface area contributed by atoms with Crippen molar-refractivity contribution in [3.8, 4) is 11.5 Å². The fourth-order valence-corrected chi connectivity index (χ4v) is 3.81. The normalized spacial score (nSPS) is 23.9. The van der Waals surface area contributed by atoms with Gasteiger partial charge in [0.15, 0.2) is 0 Å². The second kappa shape index (κ2) is 12.1. The van der Waals surface area contributed by atoms with Crippen LogP contribution in [-0.2, 0) is 11.0 Å². The maximum atomic E-state index is 12.8. The molecular formula is C20H33NO3S. The summed E-state index contributed by atoms with van der Waals surface area (Å²) in [6.45, 7) is 7.60. The first-order valence-electron chi connectivity index (χ1n) is 9.20. The number of ether oxygens (including phenoxy) is 2. The van der Waals surface area contributed by atoms with Crippen molar-refractivity contribution < 1.29 is 13.7 Å². The lowest BCUT2D eigenvalue weighted by atomic mass is 10.1. The number of hydrogen-bond acceptors (Lipinski definition) is 3. The third-order valence-corrected chi connectivity index (χ3v) is 5.35. The summed E-state index contributed by atoms with van der Waals surface area (Å²) in [5.41, 5.74) is 0. The van der Waals surface area contributed by atoms with E-state index >= 15 is 0 Å². The monoisotopic (exact) mass is 367 g/mol. The van der Waals surface area contributed by atoms with Gasteiger partial charge in [-0.15, -0.1) is 0 Å². The lowest BCUT2D eigenvalue weighted by Gasteiger charge is -2.21. The minimum atomic E-state index is -1.23. The zero-order chi connectivity index (χ0) is 18.7. The van der Waals surface area contributed by atoms with Gasteiger partial charge in [0.25, 0.3) is 0 Å². The first kappa shape index (κ1) is 21.7. The minimum absolute atomic E-state index is 0.464. The van der Waals surface area contributed by atoms with Crippen LogP contribution in [0.1, 0.15) is 46.5 Å². The maximum absolute atomic E-state index is 12.8. The average molecular weight is 368 g/mol. The summed E-state index contributed by atoms with van der Waals surface area (Å²) < 4.78 is 25.9. The molecule has 1 aliphatic heterocycles. The van der Waals surface area contributed by atoms with Crippen molar-refractivity contribution in [3.63, 3.8) is 0 Å². The largest absolute Gasteiger partial charge is 0.497 e. The van der Waals surface area contributed by atoms with E-state index in [4.69, 9.17) is 9.47 Å². The maximum Gasteiger partial charge on any atom is 0.140 e. The number of benzene rings is 1. The number of hydrogen-bond donors (Lipinski definition) is 0. The Labute approximate surface area is 155 Å². The summed E-state index contributed by atoms with van der Waals surface area (Å²) >= 11 is 0. The van der Waals surface area contributed by atoms with Crippen LogP contribution in [0, 0.1) is 5.92 Å². The molecule has 142 valence electrons. The average Bonchev–Trinajstić information content (AvgIpc) is 2.64. The SMILES string of the molecule is CC.COc1ccc2c(c1)OCCCC/C=C\C[C@@H](C)CN(C)S2=O. The summed E-state index contributed by atoms with van der Waals surface area (Å²) in [6.07, 6.45) is 8.69. The predicted molar refractivity (Wildman–Crippen MR) is 106 cm³/mol. The van der Waals surface area contributed by atoms with E-state index in [-0.39, 0.29) is 0 Å². The number of nitrogens with zero attached hydrogens (tertiary/aromatic N) is 1. The van der Waals surface area contributed by atoms with Crippen LogP contribution in [0.25, 0.3) is 0 Å². The number of allylic oxidation sites excluding steroid dienone is 2. The van der Waals surface area contributed by atoms with Gasteiger partial charge < -0.3 is 9.47 Å². The van der Waals surface area contributed by atoms with Gasteiger partial charge in [-0.2, -0.15) is 0 Å². The van der Waals surface area contributed by atoms with Gasteiger partial charge in [-0.25, -0.2) is 8.51 Å². The van der Waals surface area contributed by atoms with E-state index in [1.54, 1.807) is 7.11 Å². The molecule has 1 heterocycles. The predicted octanol–water partition coefficient (Wildman–Crippen LogP) is 4.82. The third kappa shape index (κ3) is 7.20. The molecule has 1 aromatic carbocycles. The highest BCUT2D eigenvalue weighted by atomic mass is 32.2. The number of methoxy groups -OCH3 is 1. The van der Waals surface area contributed by atoms with Gasteiger partial charge in [-0.05, 0) is 43.7 Å². The van der Waals surface area contributed by atoms with Crippen LogP contribution in [0.5, 0.6) is 11.5 Å². The van der Waals surface area contributed by atoms with E-state index in [2.05, 4.69) is 19.1 Å². The topological polar surface area (TPSA) is 38.8 Å². The van der Waals surface area contributed by atoms with Crippen molar-refractivity contribution in [1.29, 1.82) is 0 Å². The molecule has 0 radical (unpaired) electrons. The molecule has 1 aliphatic rings. The minimum Gasteiger partial charge on any atom is -0.497 e. The Bertz CT molecular complexity index is 560. The van der Waals surface area contributed by atoms with Crippen molar-refractivity contribution in [2.75, 3.05) is 27.3 Å². The van der Waals surface area contributed by atoms with Crippen LogP contribution < -0.4 is 9.47 Å². The van der Waals surface area contributed by atoms with Gasteiger partial charge in [0.2, 0.25) is 0 Å². The van der Waals surface area contributed by atoms with Crippen molar-refractivity contribution >= 4 is 11.0 Å². The highest BCUT2D eigenvalue weighted by Gasteiger charge is 2.18. The molecule has 0 aliphatic carbocycles. The summed E-state index contributed by atoms with van der Waals surface area (Å²) in [4.78, 5) is 0.716. The summed E-state index contributed by atoms with van der Waals surface area (Å²) in [5, 5.41) is 0. The summed E-state index contributed by atoms with van der Waals surface area (Å²) in [7, 11) is 2.29. The van der Waals surface area contributed by atoms with E-state index in [0.717, 1.165) is 38.0 Å². The van der Waals surface area contributed by atoms with Crippen LogP contribution in [0.15, 0.2) is 35.2 Å². The van der Waals surface area contributed by atoms with Gasteiger partial charge in [0.05, 0.1) is 18.6 Å². The van der Waals surface area contributed by atoms with E-state index < -0.39 is 11.0 Å². The molecular weight excluding hydrogens is 334 g/mol. The summed E-state index contributed by atoms with van der Waals surface area (Å²) in [5.74, 6) is 1.85. The lowest BCUT2D eigenvalue weighted by Crippen LogP contribution is -2.27. The smallest absolute Gasteiger partial charge is 0.140 e. The highest BCUT2D eigenvalue weighted by Crippen LogP contribution is 2.29. The molecule has 0 amide bonds. The molecule has 0 fully saturated rings. The van der Waals surface area contributed by atoms with Crippen LogP contribution in [-0.4, -0.2) is 35.8 Å². The quantitative estimate of drug-likeness (QED) is 0.668. The molecule has 2 rings (SSSR count). The molecule has 25 heavy (non-hydrogen) atoms. The third-order valence-electron chi connectivity index (χ3n) is 3.92. The van der Waals surface area contributed by atoms with Crippen LogP contribution in [0.2, 0.25) is 0 Å². The molecule has 0 bridgehead atoms. The van der Waals surface area contributed by atoms with Crippen LogP contribution in [0.4, 0.5) is 0 Å². The first-order chi connectivity index (χ1) is 12.1. The molecule has 4 nitrogen and oxygen atoms in total. The van der Waals surface area contributed by atoms with Gasteiger partial charge >= 0.3 is 0 Å². The van der Waals surface area contributed by atoms with Gasteiger partial charge in [0, 0.05) is 19.7 Å². The van der Waals surface area contributed by atoms with Crippen molar-refractivity contribution in [2.24, 2.45) is 5.92 Å². The van der Waals surface area contributed by atoms with Crippen molar-refractivity contribution in [1.82, 2.24) is 4.31 Å². The van der Waals surface area contributed by atoms with E-state index in [0.29, 0.717) is 23.2 Å². The van der Waals surface area contributed by atoms with Crippen LogP contribution in [0.3, 0.4) is 0 Å². The zero-order valence-electron chi connectivity index (χ0n) is 16.3. The fourth-order valence-electron chi connectivity index (χ4n) is 2.61. The summed E-state index contributed by atoms with van der Waals surface area (Å²) in [6, 6.07) is 5.51. The molecule has 1 aromatic rings. The molecule has 0 saturated carbocycles.